The standard InChI is InChI=1S/C22H30ClN3O3/c1-4-6-9-17(16-10-7-8-11-18(16)23)21-24-13-15(25-21)12-19(27)26-20(22(28)29)14(3)5-2/h7-8,10-11,13-14,17,20H,4-6,9,12H2,1-3H3,(H,24,25)(H,26,27)(H,28,29)/t14-,17?,20-/m0/s1. The van der Waals surface area contributed by atoms with Crippen molar-refractivity contribution in [3.05, 3.63) is 52.6 Å². The Kier molecular flexibility index (Phi) is 8.70. The number of hydrogen-bond acceptors (Lipinski definition) is 3. The number of unbranched alkanes of at least 4 members (excludes halogenated alkanes) is 1. The minimum atomic E-state index is -1.02. The predicted octanol–water partition coefficient (Wildman–Crippen LogP) is 4.54. The molecule has 1 aromatic carbocycles. The van der Waals surface area contributed by atoms with E-state index in [-0.39, 0.29) is 24.2 Å². The molecule has 1 aromatic heterocycles. The smallest absolute Gasteiger partial charge is 0.326 e. The van der Waals surface area contributed by atoms with Gasteiger partial charge in [0.25, 0.3) is 0 Å². The number of rotatable bonds is 11. The number of carboxylic acids is 1. The number of aromatic nitrogens is 2. The topological polar surface area (TPSA) is 95.1 Å². The maximum Gasteiger partial charge on any atom is 0.326 e. The van der Waals surface area contributed by atoms with Crippen molar-refractivity contribution in [2.24, 2.45) is 5.92 Å². The normalized spacial score (nSPS) is 14.2. The third kappa shape index (κ3) is 6.32. The second kappa shape index (κ2) is 11.0. The van der Waals surface area contributed by atoms with Gasteiger partial charge in [0.05, 0.1) is 6.42 Å². The summed E-state index contributed by atoms with van der Waals surface area (Å²) in [6.45, 7) is 5.85. The Bertz CT molecular complexity index is 821. The van der Waals surface area contributed by atoms with Gasteiger partial charge in [-0.05, 0) is 24.0 Å². The molecule has 158 valence electrons. The van der Waals surface area contributed by atoms with E-state index in [1.165, 1.54) is 0 Å². The van der Waals surface area contributed by atoms with E-state index in [1.807, 2.05) is 38.1 Å². The third-order valence-electron chi connectivity index (χ3n) is 5.25. The van der Waals surface area contributed by atoms with Crippen LogP contribution >= 0.6 is 11.6 Å². The lowest BCUT2D eigenvalue weighted by Gasteiger charge is -2.20. The van der Waals surface area contributed by atoms with Crippen LogP contribution in [0.4, 0.5) is 0 Å². The molecule has 0 aliphatic carbocycles. The summed E-state index contributed by atoms with van der Waals surface area (Å²) in [5.41, 5.74) is 1.66. The summed E-state index contributed by atoms with van der Waals surface area (Å²) in [6.07, 6.45) is 5.35. The van der Waals surface area contributed by atoms with E-state index in [2.05, 4.69) is 22.2 Å². The minimum Gasteiger partial charge on any atom is -0.480 e. The van der Waals surface area contributed by atoms with Crippen LogP contribution in [-0.4, -0.2) is 33.0 Å². The quantitative estimate of drug-likeness (QED) is 0.498. The molecule has 0 saturated carbocycles. The Hall–Kier alpha value is -2.34. The molecule has 29 heavy (non-hydrogen) atoms. The highest BCUT2D eigenvalue weighted by atomic mass is 35.5. The number of H-pyrrole nitrogens is 1. The first-order chi connectivity index (χ1) is 13.9. The highest BCUT2D eigenvalue weighted by Crippen LogP contribution is 2.32. The Balaban J connectivity index is 2.14. The molecule has 0 aliphatic rings. The minimum absolute atomic E-state index is 0.0207. The fourth-order valence-electron chi connectivity index (χ4n) is 3.33. The second-order valence-corrected chi connectivity index (χ2v) is 7.86. The van der Waals surface area contributed by atoms with Gasteiger partial charge >= 0.3 is 5.97 Å². The van der Waals surface area contributed by atoms with Crippen LogP contribution < -0.4 is 5.32 Å². The van der Waals surface area contributed by atoms with Gasteiger partial charge < -0.3 is 15.4 Å². The van der Waals surface area contributed by atoms with Gasteiger partial charge in [-0.15, -0.1) is 0 Å². The zero-order valence-electron chi connectivity index (χ0n) is 17.2. The van der Waals surface area contributed by atoms with Crippen molar-refractivity contribution < 1.29 is 14.7 Å². The third-order valence-corrected chi connectivity index (χ3v) is 5.60. The van der Waals surface area contributed by atoms with E-state index in [4.69, 9.17) is 11.6 Å². The molecule has 7 heteroatoms. The zero-order valence-corrected chi connectivity index (χ0v) is 18.0. The van der Waals surface area contributed by atoms with Crippen molar-refractivity contribution in [2.45, 2.75) is 64.8 Å². The van der Waals surface area contributed by atoms with E-state index in [0.29, 0.717) is 17.1 Å². The van der Waals surface area contributed by atoms with Gasteiger partial charge in [-0.1, -0.05) is 69.8 Å². The van der Waals surface area contributed by atoms with E-state index in [9.17, 15) is 14.7 Å². The Labute approximate surface area is 177 Å². The van der Waals surface area contributed by atoms with Gasteiger partial charge in [0.2, 0.25) is 5.91 Å². The number of benzene rings is 1. The van der Waals surface area contributed by atoms with Crippen LogP contribution in [0.5, 0.6) is 0 Å². The largest absolute Gasteiger partial charge is 0.480 e. The highest BCUT2D eigenvalue weighted by molar-refractivity contribution is 6.31. The molecule has 0 radical (unpaired) electrons. The second-order valence-electron chi connectivity index (χ2n) is 7.46. The first-order valence-electron chi connectivity index (χ1n) is 10.2. The Morgan fingerprint density at radius 3 is 2.62 bits per heavy atom. The van der Waals surface area contributed by atoms with Gasteiger partial charge in [-0.3, -0.25) is 4.79 Å². The lowest BCUT2D eigenvalue weighted by atomic mass is 9.93. The van der Waals surface area contributed by atoms with Gasteiger partial charge in [0.15, 0.2) is 0 Å². The van der Waals surface area contributed by atoms with Gasteiger partial charge in [0, 0.05) is 22.8 Å². The van der Waals surface area contributed by atoms with E-state index in [1.54, 1.807) is 6.20 Å². The molecule has 0 bridgehead atoms. The summed E-state index contributed by atoms with van der Waals surface area (Å²) in [6, 6.07) is 6.83. The van der Waals surface area contributed by atoms with Crippen LogP contribution in [0.25, 0.3) is 0 Å². The van der Waals surface area contributed by atoms with Crippen molar-refractivity contribution in [1.29, 1.82) is 0 Å². The van der Waals surface area contributed by atoms with Crippen LogP contribution in [0, 0.1) is 5.92 Å². The van der Waals surface area contributed by atoms with Gasteiger partial charge in [-0.2, -0.15) is 0 Å². The van der Waals surface area contributed by atoms with Gasteiger partial charge in [0.1, 0.15) is 11.9 Å². The van der Waals surface area contributed by atoms with E-state index < -0.39 is 12.0 Å². The van der Waals surface area contributed by atoms with E-state index >= 15 is 0 Å². The molecule has 3 N–H and O–H groups in total. The molecule has 0 fully saturated rings. The molecular weight excluding hydrogens is 390 g/mol. The van der Waals surface area contributed by atoms with Crippen LogP contribution in [0.3, 0.4) is 0 Å². The summed E-state index contributed by atoms with van der Waals surface area (Å²) < 4.78 is 0. The molecule has 1 amide bonds. The number of carbonyl (C=O) groups is 2. The van der Waals surface area contributed by atoms with Crippen LogP contribution in [-0.2, 0) is 16.0 Å². The van der Waals surface area contributed by atoms with Crippen molar-refractivity contribution in [2.75, 3.05) is 0 Å². The van der Waals surface area contributed by atoms with Crippen LogP contribution in [0.15, 0.2) is 30.5 Å². The molecule has 0 saturated heterocycles. The monoisotopic (exact) mass is 419 g/mol. The Morgan fingerprint density at radius 1 is 1.28 bits per heavy atom. The number of carbonyl (C=O) groups excluding carboxylic acids is 1. The number of amides is 1. The van der Waals surface area contributed by atoms with Crippen LogP contribution in [0.1, 0.15) is 69.5 Å². The zero-order chi connectivity index (χ0) is 21.4. The summed E-state index contributed by atoms with van der Waals surface area (Å²) in [5.74, 6) is -0.710. The number of imidazole rings is 1. The fraction of sp³-hybridized carbons (Fsp3) is 0.500. The number of carboxylic acid groups (broad SMARTS) is 1. The molecule has 1 heterocycles. The lowest BCUT2D eigenvalue weighted by molar-refractivity contribution is -0.143. The predicted molar refractivity (Wildman–Crippen MR) is 114 cm³/mol. The van der Waals surface area contributed by atoms with Crippen molar-refractivity contribution in [3.63, 3.8) is 0 Å². The van der Waals surface area contributed by atoms with E-state index in [0.717, 1.165) is 30.7 Å². The average Bonchev–Trinajstić information content (AvgIpc) is 3.15. The van der Waals surface area contributed by atoms with Crippen molar-refractivity contribution in [3.8, 4) is 0 Å². The highest BCUT2D eigenvalue weighted by Gasteiger charge is 2.26. The van der Waals surface area contributed by atoms with Crippen molar-refractivity contribution >= 4 is 23.5 Å². The number of nitrogens with one attached hydrogen (secondary N) is 2. The number of aliphatic carboxylic acids is 1. The first kappa shape index (κ1) is 22.9. The maximum absolute atomic E-state index is 12.4. The lowest BCUT2D eigenvalue weighted by Crippen LogP contribution is -2.45. The molecule has 1 unspecified atom stereocenters. The summed E-state index contributed by atoms with van der Waals surface area (Å²) in [5, 5.41) is 12.7. The summed E-state index contributed by atoms with van der Waals surface area (Å²) in [7, 11) is 0. The molecule has 2 aromatic rings. The number of halogens is 1. The first-order valence-corrected chi connectivity index (χ1v) is 10.5. The SMILES string of the molecule is CCCCC(c1ncc(CC(=O)N[C@H](C(=O)O)[C@@H](C)CC)[nH]1)c1ccccc1Cl. The molecule has 3 atom stereocenters. The van der Waals surface area contributed by atoms with Crippen LogP contribution in [0.2, 0.25) is 5.02 Å². The number of nitrogens with zero attached hydrogens (tertiary/aromatic N) is 1. The molecule has 2 rings (SSSR count). The number of hydrogen-bond donors (Lipinski definition) is 3. The molecule has 6 nitrogen and oxygen atoms in total. The average molecular weight is 420 g/mol. The summed E-state index contributed by atoms with van der Waals surface area (Å²) in [4.78, 5) is 31.5. The fourth-order valence-corrected chi connectivity index (χ4v) is 3.60. The molecule has 0 spiro atoms. The number of aromatic amines is 1. The Morgan fingerprint density at radius 2 is 2.00 bits per heavy atom. The molecule has 0 aliphatic heterocycles. The maximum atomic E-state index is 12.4. The van der Waals surface area contributed by atoms with Crippen molar-refractivity contribution in [1.82, 2.24) is 15.3 Å². The summed E-state index contributed by atoms with van der Waals surface area (Å²) >= 11 is 6.41. The van der Waals surface area contributed by atoms with Gasteiger partial charge in [-0.25, -0.2) is 9.78 Å². The molecular formula is C22H30ClN3O3.